The van der Waals surface area contributed by atoms with Crippen molar-refractivity contribution in [3.8, 4) is 0 Å². The summed E-state index contributed by atoms with van der Waals surface area (Å²) in [5.41, 5.74) is 6.87. The summed E-state index contributed by atoms with van der Waals surface area (Å²) in [5, 5.41) is 2.57. The number of halogens is 2. The van der Waals surface area contributed by atoms with Gasteiger partial charge in [0.15, 0.2) is 0 Å². The molecular weight excluding hydrogens is 250 g/mol. The van der Waals surface area contributed by atoms with Gasteiger partial charge in [-0.3, -0.25) is 4.79 Å². The van der Waals surface area contributed by atoms with Gasteiger partial charge in [0, 0.05) is 11.4 Å². The average Bonchev–Trinajstić information content (AvgIpc) is 2.35. The predicted molar refractivity (Wildman–Crippen MR) is 69.9 cm³/mol. The van der Waals surface area contributed by atoms with Crippen LogP contribution in [0.4, 0.5) is 20.2 Å². The van der Waals surface area contributed by atoms with E-state index >= 15 is 0 Å². The lowest BCUT2D eigenvalue weighted by Crippen LogP contribution is -2.15. The monoisotopic (exact) mass is 262 g/mol. The molecule has 19 heavy (non-hydrogen) atoms. The molecule has 0 radical (unpaired) electrons. The van der Waals surface area contributed by atoms with E-state index in [0.717, 1.165) is 6.07 Å². The van der Waals surface area contributed by atoms with E-state index in [2.05, 4.69) is 5.32 Å². The molecule has 0 atom stereocenters. The number of carbonyl (C=O) groups is 1. The van der Waals surface area contributed by atoms with Crippen LogP contribution in [0, 0.1) is 18.6 Å². The number of anilines is 2. The van der Waals surface area contributed by atoms with Gasteiger partial charge in [-0.25, -0.2) is 8.78 Å². The maximum Gasteiger partial charge on any atom is 0.257 e. The second-order valence-electron chi connectivity index (χ2n) is 4.14. The highest BCUT2D eigenvalue weighted by Crippen LogP contribution is 2.19. The molecule has 3 nitrogen and oxygen atoms in total. The molecule has 0 saturated heterocycles. The molecule has 0 saturated carbocycles. The summed E-state index contributed by atoms with van der Waals surface area (Å²) in [7, 11) is 0. The van der Waals surface area contributed by atoms with Gasteiger partial charge in [-0.05, 0) is 48.9 Å². The number of nitrogens with two attached hydrogens (primary N) is 1. The highest BCUT2D eigenvalue weighted by Gasteiger charge is 2.12. The third-order valence-electron chi connectivity index (χ3n) is 2.70. The van der Waals surface area contributed by atoms with Crippen molar-refractivity contribution in [1.82, 2.24) is 0 Å². The number of amides is 1. The summed E-state index contributed by atoms with van der Waals surface area (Å²) in [4.78, 5) is 12.0. The maximum absolute atomic E-state index is 13.1. The van der Waals surface area contributed by atoms with Crippen LogP contribution in [0.25, 0.3) is 0 Å². The minimum absolute atomic E-state index is 0.0451. The van der Waals surface area contributed by atoms with Gasteiger partial charge in [0.2, 0.25) is 0 Å². The van der Waals surface area contributed by atoms with Crippen molar-refractivity contribution >= 4 is 17.3 Å². The fourth-order valence-corrected chi connectivity index (χ4v) is 1.68. The Kier molecular flexibility index (Phi) is 3.46. The third kappa shape index (κ3) is 2.88. The Morgan fingerprint density at radius 1 is 1.11 bits per heavy atom. The zero-order valence-corrected chi connectivity index (χ0v) is 10.2. The van der Waals surface area contributed by atoms with Crippen molar-refractivity contribution in [2.24, 2.45) is 0 Å². The molecule has 0 spiro atoms. The maximum atomic E-state index is 13.1. The standard InChI is InChI=1S/C14H12F2N2O/c1-8-6-9(15)3-5-13(8)18-14(19)11-7-10(16)2-4-12(11)17/h2-7H,17H2,1H3,(H,18,19). The highest BCUT2D eigenvalue weighted by molar-refractivity contribution is 6.08. The molecule has 0 aromatic heterocycles. The smallest absolute Gasteiger partial charge is 0.257 e. The van der Waals surface area contributed by atoms with Crippen LogP contribution in [0.5, 0.6) is 0 Å². The number of hydrogen-bond donors (Lipinski definition) is 2. The van der Waals surface area contributed by atoms with Crippen LogP contribution in [0.2, 0.25) is 0 Å². The Morgan fingerprint density at radius 3 is 2.42 bits per heavy atom. The molecule has 0 heterocycles. The lowest BCUT2D eigenvalue weighted by atomic mass is 10.1. The zero-order valence-electron chi connectivity index (χ0n) is 10.2. The molecule has 3 N–H and O–H groups in total. The fraction of sp³-hybridized carbons (Fsp3) is 0.0714. The van der Waals surface area contributed by atoms with Gasteiger partial charge in [0.25, 0.3) is 5.91 Å². The lowest BCUT2D eigenvalue weighted by molar-refractivity contribution is 0.102. The van der Waals surface area contributed by atoms with Gasteiger partial charge in [-0.1, -0.05) is 0 Å². The van der Waals surface area contributed by atoms with Crippen molar-refractivity contribution in [2.75, 3.05) is 11.1 Å². The zero-order chi connectivity index (χ0) is 14.0. The van der Waals surface area contributed by atoms with Gasteiger partial charge in [-0.2, -0.15) is 0 Å². The average molecular weight is 262 g/mol. The van der Waals surface area contributed by atoms with Gasteiger partial charge >= 0.3 is 0 Å². The number of rotatable bonds is 2. The van der Waals surface area contributed by atoms with Crippen molar-refractivity contribution in [1.29, 1.82) is 0 Å². The Balaban J connectivity index is 2.28. The number of nitrogen functional groups attached to an aromatic ring is 1. The Hall–Kier alpha value is -2.43. The summed E-state index contributed by atoms with van der Waals surface area (Å²) < 4.78 is 26.0. The molecule has 0 fully saturated rings. The Bertz CT molecular complexity index is 641. The molecule has 0 aliphatic rings. The summed E-state index contributed by atoms with van der Waals surface area (Å²) in [6.45, 7) is 1.66. The molecule has 2 aromatic rings. The largest absolute Gasteiger partial charge is 0.398 e. The number of benzene rings is 2. The molecule has 0 aliphatic heterocycles. The normalized spacial score (nSPS) is 10.3. The van der Waals surface area contributed by atoms with Crippen LogP contribution >= 0.6 is 0 Å². The van der Waals surface area contributed by atoms with Crippen molar-refractivity contribution in [3.63, 3.8) is 0 Å². The van der Waals surface area contributed by atoms with E-state index in [4.69, 9.17) is 5.73 Å². The van der Waals surface area contributed by atoms with Crippen molar-refractivity contribution in [3.05, 3.63) is 59.2 Å². The van der Waals surface area contributed by atoms with Crippen LogP contribution < -0.4 is 11.1 Å². The Morgan fingerprint density at radius 2 is 1.74 bits per heavy atom. The summed E-state index contributed by atoms with van der Waals surface area (Å²) >= 11 is 0. The molecule has 1 amide bonds. The van der Waals surface area contributed by atoms with Crippen molar-refractivity contribution in [2.45, 2.75) is 6.92 Å². The van der Waals surface area contributed by atoms with E-state index in [1.807, 2.05) is 0 Å². The van der Waals surface area contributed by atoms with Crippen LogP contribution in [0.15, 0.2) is 36.4 Å². The fourth-order valence-electron chi connectivity index (χ4n) is 1.68. The number of nitrogens with one attached hydrogen (secondary N) is 1. The van der Waals surface area contributed by atoms with Gasteiger partial charge in [0.05, 0.1) is 5.56 Å². The first-order valence-electron chi connectivity index (χ1n) is 5.60. The summed E-state index contributed by atoms with van der Waals surface area (Å²) in [5.74, 6) is -1.47. The van der Waals surface area contributed by atoms with Crippen LogP contribution in [-0.2, 0) is 0 Å². The second kappa shape index (κ2) is 5.06. The second-order valence-corrected chi connectivity index (χ2v) is 4.14. The minimum atomic E-state index is -0.546. The molecule has 2 rings (SSSR count). The topological polar surface area (TPSA) is 55.1 Å². The van der Waals surface area contributed by atoms with E-state index in [0.29, 0.717) is 11.3 Å². The first-order chi connectivity index (χ1) is 8.97. The minimum Gasteiger partial charge on any atom is -0.398 e. The molecular formula is C14H12F2N2O. The van der Waals surface area contributed by atoms with Gasteiger partial charge < -0.3 is 11.1 Å². The summed E-state index contributed by atoms with van der Waals surface area (Å²) in [6.07, 6.45) is 0. The highest BCUT2D eigenvalue weighted by atomic mass is 19.1. The first kappa shape index (κ1) is 13.0. The number of hydrogen-bond acceptors (Lipinski definition) is 2. The van der Waals surface area contributed by atoms with Gasteiger partial charge in [-0.15, -0.1) is 0 Å². The van der Waals surface area contributed by atoms with Crippen molar-refractivity contribution < 1.29 is 13.6 Å². The van der Waals surface area contributed by atoms with E-state index in [1.54, 1.807) is 6.92 Å². The Labute approximate surface area is 109 Å². The van der Waals surface area contributed by atoms with E-state index in [1.165, 1.54) is 30.3 Å². The third-order valence-corrected chi connectivity index (χ3v) is 2.70. The summed E-state index contributed by atoms with van der Waals surface area (Å²) in [6, 6.07) is 7.53. The molecule has 0 aliphatic carbocycles. The van der Waals surface area contributed by atoms with E-state index < -0.39 is 11.7 Å². The predicted octanol–water partition coefficient (Wildman–Crippen LogP) is 3.11. The van der Waals surface area contributed by atoms with E-state index in [9.17, 15) is 13.6 Å². The SMILES string of the molecule is Cc1cc(F)ccc1NC(=O)c1cc(F)ccc1N. The molecule has 0 unspecified atom stereocenters. The van der Waals surface area contributed by atoms with Crippen LogP contribution in [-0.4, -0.2) is 5.91 Å². The molecule has 2 aromatic carbocycles. The van der Waals surface area contributed by atoms with Crippen LogP contribution in [0.3, 0.4) is 0 Å². The molecule has 0 bridgehead atoms. The number of carbonyl (C=O) groups excluding carboxylic acids is 1. The quantitative estimate of drug-likeness (QED) is 0.817. The van der Waals surface area contributed by atoms with E-state index in [-0.39, 0.29) is 17.1 Å². The number of aryl methyl sites for hydroxylation is 1. The molecule has 98 valence electrons. The first-order valence-corrected chi connectivity index (χ1v) is 5.60. The lowest BCUT2D eigenvalue weighted by Gasteiger charge is -2.10. The molecule has 5 heteroatoms. The van der Waals surface area contributed by atoms with Gasteiger partial charge in [0.1, 0.15) is 11.6 Å². The van der Waals surface area contributed by atoms with Crippen LogP contribution in [0.1, 0.15) is 15.9 Å².